The molecule has 2 rings (SSSR count). The van der Waals surface area contributed by atoms with Crippen molar-refractivity contribution in [2.45, 2.75) is 57.3 Å². The van der Waals surface area contributed by atoms with Crippen LogP contribution in [0.1, 0.15) is 44.6 Å². The van der Waals surface area contributed by atoms with Gasteiger partial charge in [-0.15, -0.1) is 24.8 Å². The van der Waals surface area contributed by atoms with Crippen molar-refractivity contribution in [1.29, 1.82) is 0 Å². The summed E-state index contributed by atoms with van der Waals surface area (Å²) < 4.78 is 0. The largest absolute Gasteiger partial charge is 0.331 e. The molecule has 144 valence electrons. The summed E-state index contributed by atoms with van der Waals surface area (Å²) in [6, 6.07) is 10.2. The number of amides is 1. The molecular weight excluding hydrogens is 377 g/mol. The van der Waals surface area contributed by atoms with Crippen LogP contribution in [0.2, 0.25) is 0 Å². The van der Waals surface area contributed by atoms with Crippen LogP contribution in [-0.4, -0.2) is 34.8 Å². The number of unbranched alkanes of at least 4 members (excludes halogenated alkanes) is 1. The van der Waals surface area contributed by atoms with Crippen LogP contribution in [0.3, 0.4) is 0 Å². The van der Waals surface area contributed by atoms with Crippen molar-refractivity contribution in [3.8, 4) is 0 Å². The second-order valence-electron chi connectivity index (χ2n) is 6.39. The van der Waals surface area contributed by atoms with Gasteiger partial charge in [0.1, 0.15) is 0 Å². The normalized spacial score (nSPS) is 22.9. The summed E-state index contributed by atoms with van der Waals surface area (Å²) in [5.41, 5.74) is 7.36. The lowest BCUT2D eigenvalue weighted by molar-refractivity contribution is -0.141. The first kappa shape index (κ1) is 24.5. The van der Waals surface area contributed by atoms with Gasteiger partial charge in [-0.2, -0.15) is 12.6 Å². The Hall–Kier alpha value is -0.460. The standard InChI is InChI=1S/C18H29N3OS.2ClH/c1-2-3-11-18(19)16(10-7-12-23)21(17(22)13-20-18)14-15-8-5-4-6-9-15;;/h4-6,8-9,16,20,23H,2-3,7,10-14,19H2,1H3;2*1H/t16?,18-;;/m0../s1. The molecule has 0 spiro atoms. The number of piperazine rings is 1. The van der Waals surface area contributed by atoms with Crippen molar-refractivity contribution < 1.29 is 4.79 Å². The zero-order chi connectivity index (χ0) is 16.7. The number of halogens is 2. The minimum absolute atomic E-state index is 0. The first-order valence-corrected chi connectivity index (χ1v) is 9.22. The van der Waals surface area contributed by atoms with Gasteiger partial charge < -0.3 is 10.6 Å². The van der Waals surface area contributed by atoms with Gasteiger partial charge in [0, 0.05) is 6.54 Å². The lowest BCUT2D eigenvalue weighted by atomic mass is 9.87. The fraction of sp³-hybridized carbons (Fsp3) is 0.611. The van der Waals surface area contributed by atoms with Crippen molar-refractivity contribution in [1.82, 2.24) is 10.2 Å². The third-order valence-electron chi connectivity index (χ3n) is 4.64. The van der Waals surface area contributed by atoms with Crippen LogP contribution in [-0.2, 0) is 11.3 Å². The molecule has 1 aromatic carbocycles. The smallest absolute Gasteiger partial charge is 0.237 e. The minimum atomic E-state index is -0.498. The van der Waals surface area contributed by atoms with Crippen LogP contribution in [0, 0.1) is 0 Å². The maximum Gasteiger partial charge on any atom is 0.237 e. The molecule has 0 radical (unpaired) electrons. The Bertz CT molecular complexity index is 506. The summed E-state index contributed by atoms with van der Waals surface area (Å²) >= 11 is 4.33. The summed E-state index contributed by atoms with van der Waals surface area (Å²) in [7, 11) is 0. The molecule has 1 aliphatic rings. The van der Waals surface area contributed by atoms with Gasteiger partial charge in [0.25, 0.3) is 0 Å². The monoisotopic (exact) mass is 407 g/mol. The molecule has 25 heavy (non-hydrogen) atoms. The number of carbonyl (C=O) groups is 1. The van der Waals surface area contributed by atoms with E-state index >= 15 is 0 Å². The van der Waals surface area contributed by atoms with E-state index in [1.807, 2.05) is 23.1 Å². The van der Waals surface area contributed by atoms with E-state index < -0.39 is 5.66 Å². The molecule has 3 N–H and O–H groups in total. The first-order valence-electron chi connectivity index (χ1n) is 8.59. The molecule has 0 saturated carbocycles. The van der Waals surface area contributed by atoms with Gasteiger partial charge >= 0.3 is 0 Å². The minimum Gasteiger partial charge on any atom is -0.331 e. The number of nitrogens with two attached hydrogens (primary N) is 1. The molecule has 1 saturated heterocycles. The fourth-order valence-corrected chi connectivity index (χ4v) is 3.49. The molecule has 0 aromatic heterocycles. The highest BCUT2D eigenvalue weighted by Gasteiger charge is 2.43. The lowest BCUT2D eigenvalue weighted by Gasteiger charge is -2.49. The van der Waals surface area contributed by atoms with Gasteiger partial charge in [-0.25, -0.2) is 0 Å². The maximum absolute atomic E-state index is 12.5. The molecular formula is C18H31Cl2N3OS. The van der Waals surface area contributed by atoms with Crippen LogP contribution in [0.25, 0.3) is 0 Å². The number of rotatable bonds is 8. The van der Waals surface area contributed by atoms with E-state index in [9.17, 15) is 4.79 Å². The molecule has 0 aliphatic carbocycles. The highest BCUT2D eigenvalue weighted by molar-refractivity contribution is 7.80. The van der Waals surface area contributed by atoms with Crippen LogP contribution >= 0.6 is 37.4 Å². The van der Waals surface area contributed by atoms with Crippen molar-refractivity contribution >= 4 is 43.4 Å². The average molecular weight is 408 g/mol. The van der Waals surface area contributed by atoms with E-state index in [-0.39, 0.29) is 36.8 Å². The Balaban J connectivity index is 0.00000288. The SMILES string of the molecule is CCCC[C@]1(N)NCC(=O)N(Cc2ccccc2)C1CCCS.Cl.Cl. The van der Waals surface area contributed by atoms with Crippen LogP contribution in [0.15, 0.2) is 30.3 Å². The lowest BCUT2D eigenvalue weighted by Crippen LogP contribution is -2.72. The Kier molecular flexibility index (Phi) is 11.8. The summed E-state index contributed by atoms with van der Waals surface area (Å²) in [5, 5.41) is 3.32. The van der Waals surface area contributed by atoms with Gasteiger partial charge in [0.05, 0.1) is 18.2 Å². The summed E-state index contributed by atoms with van der Waals surface area (Å²) in [6.07, 6.45) is 4.90. The molecule has 1 aromatic rings. The van der Waals surface area contributed by atoms with Gasteiger partial charge in [-0.05, 0) is 30.6 Å². The van der Waals surface area contributed by atoms with E-state index in [0.29, 0.717) is 13.1 Å². The molecule has 1 unspecified atom stereocenters. The Morgan fingerprint density at radius 3 is 2.56 bits per heavy atom. The maximum atomic E-state index is 12.5. The van der Waals surface area contributed by atoms with E-state index in [1.165, 1.54) is 0 Å². The van der Waals surface area contributed by atoms with Crippen molar-refractivity contribution in [2.24, 2.45) is 5.73 Å². The number of hydrogen-bond acceptors (Lipinski definition) is 4. The Labute approximate surface area is 169 Å². The van der Waals surface area contributed by atoms with Gasteiger partial charge in [0.15, 0.2) is 0 Å². The first-order chi connectivity index (χ1) is 11.1. The molecule has 0 bridgehead atoms. The number of nitrogens with one attached hydrogen (secondary N) is 1. The Morgan fingerprint density at radius 1 is 1.28 bits per heavy atom. The molecule has 1 fully saturated rings. The third-order valence-corrected chi connectivity index (χ3v) is 4.95. The van der Waals surface area contributed by atoms with Crippen molar-refractivity contribution in [3.05, 3.63) is 35.9 Å². The van der Waals surface area contributed by atoms with E-state index in [0.717, 1.165) is 43.4 Å². The fourth-order valence-electron chi connectivity index (χ4n) is 3.31. The summed E-state index contributed by atoms with van der Waals surface area (Å²) in [6.45, 7) is 3.12. The quantitative estimate of drug-likeness (QED) is 0.578. The van der Waals surface area contributed by atoms with Gasteiger partial charge in [-0.1, -0.05) is 50.1 Å². The molecule has 4 nitrogen and oxygen atoms in total. The third kappa shape index (κ3) is 6.65. The van der Waals surface area contributed by atoms with Crippen LogP contribution in [0.4, 0.5) is 0 Å². The number of benzene rings is 1. The second kappa shape index (κ2) is 12.0. The molecule has 1 heterocycles. The van der Waals surface area contributed by atoms with Crippen molar-refractivity contribution in [3.63, 3.8) is 0 Å². The zero-order valence-corrected chi connectivity index (χ0v) is 17.3. The number of hydrogen-bond donors (Lipinski definition) is 3. The second-order valence-corrected chi connectivity index (χ2v) is 6.83. The Morgan fingerprint density at radius 2 is 1.96 bits per heavy atom. The predicted molar refractivity (Wildman–Crippen MR) is 113 cm³/mol. The van der Waals surface area contributed by atoms with Crippen molar-refractivity contribution in [2.75, 3.05) is 12.3 Å². The molecule has 1 aliphatic heterocycles. The van der Waals surface area contributed by atoms with Crippen LogP contribution in [0.5, 0.6) is 0 Å². The summed E-state index contributed by atoms with van der Waals surface area (Å²) in [5.74, 6) is 0.948. The highest BCUT2D eigenvalue weighted by Crippen LogP contribution is 2.27. The number of nitrogens with zero attached hydrogens (tertiary/aromatic N) is 1. The number of carbonyl (C=O) groups excluding carboxylic acids is 1. The molecule has 7 heteroatoms. The topological polar surface area (TPSA) is 58.4 Å². The van der Waals surface area contributed by atoms with E-state index in [4.69, 9.17) is 5.73 Å². The highest BCUT2D eigenvalue weighted by atomic mass is 35.5. The predicted octanol–water partition coefficient (Wildman–Crippen LogP) is 3.39. The van der Waals surface area contributed by atoms with E-state index in [1.54, 1.807) is 0 Å². The average Bonchev–Trinajstić information content (AvgIpc) is 2.57. The summed E-state index contributed by atoms with van der Waals surface area (Å²) in [4.78, 5) is 14.5. The number of thiol groups is 1. The van der Waals surface area contributed by atoms with Gasteiger partial charge in [0.2, 0.25) is 5.91 Å². The van der Waals surface area contributed by atoms with Gasteiger partial charge in [-0.3, -0.25) is 10.1 Å². The zero-order valence-electron chi connectivity index (χ0n) is 14.8. The van der Waals surface area contributed by atoms with E-state index in [2.05, 4.69) is 37.0 Å². The van der Waals surface area contributed by atoms with Crippen LogP contribution < -0.4 is 11.1 Å². The molecule has 2 atom stereocenters. The molecule has 1 amide bonds.